The van der Waals surface area contributed by atoms with Crippen LogP contribution in [0.15, 0.2) is 12.4 Å². The zero-order valence-electron chi connectivity index (χ0n) is 4.98. The summed E-state index contributed by atoms with van der Waals surface area (Å²) in [6.45, 7) is 0. The number of carbonyl (C=O) groups is 1. The molecule has 0 fully saturated rings. The number of hydrogen-bond acceptors (Lipinski definition) is 3. The summed E-state index contributed by atoms with van der Waals surface area (Å²) in [4.78, 5) is 11.0. The van der Waals surface area contributed by atoms with Crippen molar-refractivity contribution in [2.45, 2.75) is 0 Å². The Bertz CT molecular complexity index is 271. The maximum Gasteiger partial charge on any atom is 0.227 e. The molecule has 1 amide bonds. The number of amides is 1. The lowest BCUT2D eigenvalue weighted by Crippen LogP contribution is -2.11. The number of aromatic nitrogens is 2. The maximum atomic E-state index is 9.82. The highest BCUT2D eigenvalue weighted by Gasteiger charge is 1.92. The van der Waals surface area contributed by atoms with E-state index in [0.29, 0.717) is 12.0 Å². The van der Waals surface area contributed by atoms with Crippen LogP contribution in [0.2, 0.25) is 0 Å². The van der Waals surface area contributed by atoms with Gasteiger partial charge in [-0.25, -0.2) is 5.43 Å². The summed E-state index contributed by atoms with van der Waals surface area (Å²) in [6, 6.07) is 1.87. The second kappa shape index (κ2) is 2.64. The summed E-state index contributed by atoms with van der Waals surface area (Å²) in [7, 11) is 0. The van der Waals surface area contributed by atoms with E-state index in [1.807, 2.05) is 6.07 Å². The van der Waals surface area contributed by atoms with Gasteiger partial charge in [0.15, 0.2) is 0 Å². The summed E-state index contributed by atoms with van der Waals surface area (Å²) < 4.78 is 0. The van der Waals surface area contributed by atoms with Crippen molar-refractivity contribution in [2.75, 3.05) is 5.43 Å². The minimum atomic E-state index is 0.411. The second-order valence-electron chi connectivity index (χ2n) is 1.53. The Morgan fingerprint density at radius 3 is 3.20 bits per heavy atom. The fourth-order valence-corrected chi connectivity index (χ4v) is 0.505. The normalized spacial score (nSPS) is 8.30. The highest BCUT2D eigenvalue weighted by Crippen LogP contribution is 1.90. The van der Waals surface area contributed by atoms with Gasteiger partial charge in [-0.05, 0) is 0 Å². The van der Waals surface area contributed by atoms with E-state index < -0.39 is 0 Å². The molecule has 0 aliphatic carbocycles. The van der Waals surface area contributed by atoms with Crippen LogP contribution in [0.1, 0.15) is 5.56 Å². The van der Waals surface area contributed by atoms with Crippen LogP contribution in [0.3, 0.4) is 0 Å². The van der Waals surface area contributed by atoms with Crippen LogP contribution in [-0.2, 0) is 4.79 Å². The third-order valence-corrected chi connectivity index (χ3v) is 0.897. The molecule has 1 rings (SSSR count). The molecule has 5 nitrogen and oxygen atoms in total. The van der Waals surface area contributed by atoms with E-state index in [-0.39, 0.29) is 0 Å². The Kier molecular flexibility index (Phi) is 1.66. The summed E-state index contributed by atoms with van der Waals surface area (Å²) in [6.07, 6.45) is 3.25. The first kappa shape index (κ1) is 6.29. The average Bonchev–Trinajstić information content (AvgIpc) is 2.37. The zero-order chi connectivity index (χ0) is 7.40. The quantitative estimate of drug-likeness (QED) is 0.555. The number of nitrogens with one attached hydrogen (secondary N) is 1. The van der Waals surface area contributed by atoms with Gasteiger partial charge < -0.3 is 0 Å². The standard InChI is InChI=1S/C5H4N4O/c6-1-5-2-7-9(3-5)8-4-10/h2-4H,(H,8,10). The molecule has 5 heteroatoms. The maximum absolute atomic E-state index is 9.82. The Morgan fingerprint density at radius 1 is 1.90 bits per heavy atom. The molecule has 0 spiro atoms. The molecule has 1 heterocycles. The molecular weight excluding hydrogens is 132 g/mol. The molecule has 0 aliphatic rings. The summed E-state index contributed by atoms with van der Waals surface area (Å²) in [5.41, 5.74) is 2.65. The second-order valence-corrected chi connectivity index (χ2v) is 1.53. The number of nitriles is 1. The Labute approximate surface area is 56.8 Å². The lowest BCUT2D eigenvalue weighted by molar-refractivity contribution is -0.106. The molecule has 0 bridgehead atoms. The lowest BCUT2D eigenvalue weighted by Gasteiger charge is -1.91. The van der Waals surface area contributed by atoms with Crippen molar-refractivity contribution in [1.82, 2.24) is 9.89 Å². The third kappa shape index (κ3) is 1.11. The zero-order valence-corrected chi connectivity index (χ0v) is 4.98. The van der Waals surface area contributed by atoms with Crippen LogP contribution in [0, 0.1) is 11.3 Å². The fraction of sp³-hybridized carbons (Fsp3) is 0. The monoisotopic (exact) mass is 136 g/mol. The molecule has 50 valence electrons. The summed E-state index contributed by atoms with van der Waals surface area (Å²) in [5.74, 6) is 0. The van der Waals surface area contributed by atoms with Crippen LogP contribution < -0.4 is 5.43 Å². The van der Waals surface area contributed by atoms with E-state index in [1.165, 1.54) is 12.4 Å². The van der Waals surface area contributed by atoms with Crippen LogP contribution in [0.5, 0.6) is 0 Å². The van der Waals surface area contributed by atoms with E-state index in [9.17, 15) is 4.79 Å². The van der Waals surface area contributed by atoms with Crippen molar-refractivity contribution in [3.8, 4) is 6.07 Å². The molecule has 0 saturated heterocycles. The number of carbonyl (C=O) groups excluding carboxylic acids is 1. The Hall–Kier alpha value is -1.83. The van der Waals surface area contributed by atoms with Crippen LogP contribution in [-0.4, -0.2) is 16.3 Å². The summed E-state index contributed by atoms with van der Waals surface area (Å²) in [5, 5.41) is 11.9. The molecule has 1 N–H and O–H groups in total. The van der Waals surface area contributed by atoms with Crippen molar-refractivity contribution in [1.29, 1.82) is 5.26 Å². The van der Waals surface area contributed by atoms with E-state index in [4.69, 9.17) is 5.26 Å². The van der Waals surface area contributed by atoms with Crippen molar-refractivity contribution in [3.05, 3.63) is 18.0 Å². The number of rotatable bonds is 2. The molecule has 1 aromatic rings. The minimum Gasteiger partial charge on any atom is -0.277 e. The fourth-order valence-electron chi connectivity index (χ4n) is 0.505. The highest BCUT2D eigenvalue weighted by atomic mass is 16.1. The predicted octanol–water partition coefficient (Wildman–Crippen LogP) is -0.545. The topological polar surface area (TPSA) is 70.7 Å². The molecule has 0 radical (unpaired) electrons. The first-order valence-corrected chi connectivity index (χ1v) is 2.52. The molecule has 0 aliphatic heterocycles. The largest absolute Gasteiger partial charge is 0.277 e. The molecule has 1 aromatic heterocycles. The highest BCUT2D eigenvalue weighted by molar-refractivity contribution is 5.56. The van der Waals surface area contributed by atoms with Gasteiger partial charge in [0.25, 0.3) is 0 Å². The van der Waals surface area contributed by atoms with E-state index >= 15 is 0 Å². The Balaban J connectivity index is 2.80. The first-order valence-electron chi connectivity index (χ1n) is 2.52. The Morgan fingerprint density at radius 2 is 2.70 bits per heavy atom. The van der Waals surface area contributed by atoms with Gasteiger partial charge in [-0.1, -0.05) is 0 Å². The molecule has 0 aromatic carbocycles. The average molecular weight is 136 g/mol. The van der Waals surface area contributed by atoms with Gasteiger partial charge >= 0.3 is 0 Å². The molecule has 0 atom stereocenters. The van der Waals surface area contributed by atoms with Crippen molar-refractivity contribution in [3.63, 3.8) is 0 Å². The predicted molar refractivity (Wildman–Crippen MR) is 32.4 cm³/mol. The third-order valence-electron chi connectivity index (χ3n) is 0.897. The van der Waals surface area contributed by atoms with Gasteiger partial charge in [0.1, 0.15) is 6.07 Å². The van der Waals surface area contributed by atoms with E-state index in [0.717, 1.165) is 4.79 Å². The number of hydrogen-bond donors (Lipinski definition) is 1. The van der Waals surface area contributed by atoms with Gasteiger partial charge in [-0.15, -0.1) is 0 Å². The van der Waals surface area contributed by atoms with Crippen molar-refractivity contribution >= 4 is 6.41 Å². The molecular formula is C5H4N4O. The van der Waals surface area contributed by atoms with Gasteiger partial charge in [0.05, 0.1) is 18.0 Å². The molecule has 0 unspecified atom stereocenters. The minimum absolute atomic E-state index is 0.411. The van der Waals surface area contributed by atoms with Crippen molar-refractivity contribution < 1.29 is 4.79 Å². The van der Waals surface area contributed by atoms with Gasteiger partial charge in [0, 0.05) is 0 Å². The molecule has 0 saturated carbocycles. The number of nitrogens with zero attached hydrogens (tertiary/aromatic N) is 3. The molecule has 10 heavy (non-hydrogen) atoms. The van der Waals surface area contributed by atoms with Crippen LogP contribution in [0.25, 0.3) is 0 Å². The van der Waals surface area contributed by atoms with E-state index in [1.54, 1.807) is 0 Å². The van der Waals surface area contributed by atoms with Gasteiger partial charge in [-0.3, -0.25) is 4.79 Å². The lowest BCUT2D eigenvalue weighted by atomic mass is 10.4. The van der Waals surface area contributed by atoms with Gasteiger partial charge in [0.2, 0.25) is 6.41 Å². The van der Waals surface area contributed by atoms with Crippen molar-refractivity contribution in [2.24, 2.45) is 0 Å². The smallest absolute Gasteiger partial charge is 0.227 e. The van der Waals surface area contributed by atoms with Gasteiger partial charge in [-0.2, -0.15) is 15.2 Å². The van der Waals surface area contributed by atoms with E-state index in [2.05, 4.69) is 10.5 Å². The summed E-state index contributed by atoms with van der Waals surface area (Å²) >= 11 is 0. The first-order chi connectivity index (χ1) is 4.86. The SMILES string of the molecule is N#Cc1cnn(NC=O)c1. The van der Waals surface area contributed by atoms with Crippen LogP contribution in [0.4, 0.5) is 0 Å². The van der Waals surface area contributed by atoms with Crippen LogP contribution >= 0.6 is 0 Å².